The molecule has 0 bridgehead atoms. The summed E-state index contributed by atoms with van der Waals surface area (Å²) in [6, 6.07) is 82.1. The molecule has 4 heteroatoms. The van der Waals surface area contributed by atoms with E-state index in [1.54, 1.807) is 0 Å². The van der Waals surface area contributed by atoms with E-state index in [1.165, 1.54) is 38.5 Å². The van der Waals surface area contributed by atoms with Crippen molar-refractivity contribution >= 4 is 43.7 Å². The molecular weight excluding hydrogens is 753 g/mol. The molecule has 0 saturated carbocycles. The minimum atomic E-state index is 0.693. The third-order valence-corrected chi connectivity index (χ3v) is 12.1. The zero-order valence-electron chi connectivity index (χ0n) is 33.7. The maximum atomic E-state index is 5.41. The van der Waals surface area contributed by atoms with Crippen molar-refractivity contribution in [3.05, 3.63) is 231 Å². The molecule has 0 unspecified atom stereocenters. The van der Waals surface area contributed by atoms with Crippen LogP contribution in [-0.4, -0.2) is 19.1 Å². The Hall–Kier alpha value is -8.34. The van der Waals surface area contributed by atoms with E-state index >= 15 is 0 Å². The lowest BCUT2D eigenvalue weighted by Crippen LogP contribution is -1.99. The second kappa shape index (κ2) is 14.7. The number of aromatic nitrogens is 4. The predicted octanol–water partition coefficient (Wildman–Crippen LogP) is 15.0. The molecular formula is C58H38N4. The fourth-order valence-corrected chi connectivity index (χ4v) is 9.30. The molecule has 62 heavy (non-hydrogen) atoms. The second-order valence-electron chi connectivity index (χ2n) is 15.8. The van der Waals surface area contributed by atoms with Crippen LogP contribution in [0.5, 0.6) is 0 Å². The Kier molecular flexibility index (Phi) is 8.46. The van der Waals surface area contributed by atoms with Gasteiger partial charge in [-0.15, -0.1) is 0 Å². The van der Waals surface area contributed by atoms with Crippen LogP contribution >= 0.6 is 0 Å². The molecule has 0 spiro atoms. The van der Waals surface area contributed by atoms with E-state index in [2.05, 4.69) is 240 Å². The van der Waals surface area contributed by atoms with E-state index in [9.17, 15) is 0 Å². The van der Waals surface area contributed by atoms with Crippen molar-refractivity contribution in [2.75, 3.05) is 0 Å². The molecule has 12 rings (SSSR count). The van der Waals surface area contributed by atoms with E-state index in [-0.39, 0.29) is 0 Å². The Labute approximate surface area is 359 Å². The zero-order valence-corrected chi connectivity index (χ0v) is 33.7. The third-order valence-electron chi connectivity index (χ3n) is 12.1. The largest absolute Gasteiger partial charge is 0.309 e. The highest BCUT2D eigenvalue weighted by molar-refractivity contribution is 6.17. The Balaban J connectivity index is 1.02. The Morgan fingerprint density at radius 2 is 0.823 bits per heavy atom. The Morgan fingerprint density at radius 1 is 0.306 bits per heavy atom. The number of nitrogens with zero attached hydrogens (tertiary/aromatic N) is 4. The molecule has 0 fully saturated rings. The van der Waals surface area contributed by atoms with Gasteiger partial charge < -0.3 is 9.13 Å². The number of hydrogen-bond donors (Lipinski definition) is 0. The molecule has 3 heterocycles. The van der Waals surface area contributed by atoms with Crippen LogP contribution in [0.15, 0.2) is 231 Å². The van der Waals surface area contributed by atoms with Gasteiger partial charge in [-0.05, 0) is 94.0 Å². The summed E-state index contributed by atoms with van der Waals surface area (Å²) in [5.41, 5.74) is 17.5. The molecule has 4 nitrogen and oxygen atoms in total. The normalized spacial score (nSPS) is 11.5. The van der Waals surface area contributed by atoms with Gasteiger partial charge in [0.1, 0.15) is 5.52 Å². The molecule has 12 aromatic rings. The third kappa shape index (κ3) is 5.92. The fourth-order valence-electron chi connectivity index (χ4n) is 9.30. The minimum absolute atomic E-state index is 0.693. The predicted molar refractivity (Wildman–Crippen MR) is 258 cm³/mol. The maximum Gasteiger partial charge on any atom is 0.160 e. The van der Waals surface area contributed by atoms with Crippen LogP contribution in [0.4, 0.5) is 0 Å². The number of benzene rings is 9. The first kappa shape index (κ1) is 35.6. The molecule has 0 saturated heterocycles. The molecule has 0 amide bonds. The summed E-state index contributed by atoms with van der Waals surface area (Å²) in [6.45, 7) is 0. The minimum Gasteiger partial charge on any atom is -0.309 e. The summed E-state index contributed by atoms with van der Waals surface area (Å²) in [7, 11) is 0. The molecule has 0 radical (unpaired) electrons. The van der Waals surface area contributed by atoms with Gasteiger partial charge in [-0.2, -0.15) is 0 Å². The van der Waals surface area contributed by atoms with Crippen LogP contribution in [0.1, 0.15) is 0 Å². The lowest BCUT2D eigenvalue weighted by Gasteiger charge is -2.13. The standard InChI is InChI=1S/C58H38N4/c1-5-18-39(19-6-1)43-34-35-52-50(38-43)54-48(31-17-33-53(54)61(52)46-26-9-3-10-27-46)44-24-15-22-41(36-44)42-23-16-25-45(37-42)58-59-55(40-20-7-2-8-21-40)57-56(60-58)49-30-13-14-32-51(49)62(57)47-28-11-4-12-29-47/h1-38H. The van der Waals surface area contributed by atoms with Gasteiger partial charge in [0, 0.05) is 38.7 Å². The van der Waals surface area contributed by atoms with Crippen molar-refractivity contribution in [1.82, 2.24) is 19.1 Å². The molecule has 0 aliphatic carbocycles. The highest BCUT2D eigenvalue weighted by Crippen LogP contribution is 2.42. The quantitative estimate of drug-likeness (QED) is 0.161. The highest BCUT2D eigenvalue weighted by Gasteiger charge is 2.22. The van der Waals surface area contributed by atoms with Gasteiger partial charge >= 0.3 is 0 Å². The summed E-state index contributed by atoms with van der Waals surface area (Å²) in [5.74, 6) is 0.693. The van der Waals surface area contributed by atoms with Crippen molar-refractivity contribution in [2.24, 2.45) is 0 Å². The van der Waals surface area contributed by atoms with Crippen LogP contribution in [0.25, 0.3) is 111 Å². The average molecular weight is 791 g/mol. The topological polar surface area (TPSA) is 35.6 Å². The number of para-hydroxylation sites is 3. The smallest absolute Gasteiger partial charge is 0.160 e. The van der Waals surface area contributed by atoms with Crippen LogP contribution in [0.2, 0.25) is 0 Å². The second-order valence-corrected chi connectivity index (χ2v) is 15.8. The number of fused-ring (bicyclic) bond motifs is 6. The molecule has 9 aromatic carbocycles. The molecule has 0 N–H and O–H groups in total. The van der Waals surface area contributed by atoms with Crippen molar-refractivity contribution in [2.45, 2.75) is 0 Å². The lowest BCUT2D eigenvalue weighted by atomic mass is 9.94. The first-order valence-corrected chi connectivity index (χ1v) is 21.1. The first-order chi connectivity index (χ1) is 30.8. The van der Waals surface area contributed by atoms with Gasteiger partial charge in [-0.3, -0.25) is 0 Å². The molecule has 0 aliphatic rings. The van der Waals surface area contributed by atoms with Crippen LogP contribution < -0.4 is 0 Å². The molecule has 3 aromatic heterocycles. The van der Waals surface area contributed by atoms with Crippen LogP contribution in [0.3, 0.4) is 0 Å². The fraction of sp³-hybridized carbons (Fsp3) is 0. The maximum absolute atomic E-state index is 5.41. The van der Waals surface area contributed by atoms with Crippen molar-refractivity contribution in [3.63, 3.8) is 0 Å². The summed E-state index contributed by atoms with van der Waals surface area (Å²) in [4.78, 5) is 10.8. The Morgan fingerprint density at radius 3 is 1.55 bits per heavy atom. The number of hydrogen-bond acceptors (Lipinski definition) is 2. The molecule has 290 valence electrons. The van der Waals surface area contributed by atoms with Gasteiger partial charge in [0.2, 0.25) is 0 Å². The van der Waals surface area contributed by atoms with E-state index in [1.807, 2.05) is 0 Å². The lowest BCUT2D eigenvalue weighted by molar-refractivity contribution is 1.15. The highest BCUT2D eigenvalue weighted by atomic mass is 15.0. The van der Waals surface area contributed by atoms with Crippen molar-refractivity contribution in [3.8, 4) is 67.4 Å². The Bertz CT molecular complexity index is 3610. The van der Waals surface area contributed by atoms with Crippen LogP contribution in [-0.2, 0) is 0 Å². The van der Waals surface area contributed by atoms with Gasteiger partial charge in [0.25, 0.3) is 0 Å². The van der Waals surface area contributed by atoms with Gasteiger partial charge in [-0.25, -0.2) is 9.97 Å². The monoisotopic (exact) mass is 790 g/mol. The van der Waals surface area contributed by atoms with Crippen molar-refractivity contribution in [1.29, 1.82) is 0 Å². The zero-order chi connectivity index (χ0) is 41.0. The van der Waals surface area contributed by atoms with E-state index in [0.717, 1.165) is 66.8 Å². The molecule has 0 aliphatic heterocycles. The van der Waals surface area contributed by atoms with Gasteiger partial charge in [-0.1, -0.05) is 170 Å². The molecule has 0 atom stereocenters. The SMILES string of the molecule is c1ccc(-c2ccc3c(c2)c2c(-c4cccc(-c5cccc(-c6nc(-c7ccccc7)c7c(n6)c6ccccc6n7-c6ccccc6)c5)c4)cccc2n3-c2ccccc2)cc1. The van der Waals surface area contributed by atoms with Gasteiger partial charge in [0.05, 0.1) is 27.8 Å². The summed E-state index contributed by atoms with van der Waals surface area (Å²) >= 11 is 0. The summed E-state index contributed by atoms with van der Waals surface area (Å²) in [5, 5.41) is 3.55. The van der Waals surface area contributed by atoms with E-state index < -0.39 is 0 Å². The summed E-state index contributed by atoms with van der Waals surface area (Å²) < 4.78 is 4.70. The first-order valence-electron chi connectivity index (χ1n) is 21.1. The van der Waals surface area contributed by atoms with Gasteiger partial charge in [0.15, 0.2) is 5.82 Å². The van der Waals surface area contributed by atoms with E-state index in [0.29, 0.717) is 5.82 Å². The average Bonchev–Trinajstić information content (AvgIpc) is 3.88. The summed E-state index contributed by atoms with van der Waals surface area (Å²) in [6.07, 6.45) is 0. The van der Waals surface area contributed by atoms with Crippen LogP contribution in [0, 0.1) is 0 Å². The number of rotatable bonds is 7. The van der Waals surface area contributed by atoms with E-state index in [4.69, 9.17) is 9.97 Å². The van der Waals surface area contributed by atoms with Crippen molar-refractivity contribution < 1.29 is 0 Å².